The quantitative estimate of drug-likeness (QED) is 0.671. The molecule has 0 atom stereocenters. The van der Waals surface area contributed by atoms with Gasteiger partial charge in [0.05, 0.1) is 4.91 Å². The van der Waals surface area contributed by atoms with Gasteiger partial charge in [0.1, 0.15) is 0 Å². The number of alkyl halides is 2. The lowest BCUT2D eigenvalue weighted by atomic mass is 10.1. The minimum Gasteiger partial charge on any atom is -0.225 e. The molecule has 0 bridgehead atoms. The smallest absolute Gasteiger partial charge is 0.225 e. The number of sulfonamides is 1. The normalized spacial score (nSPS) is 22.1. The highest BCUT2D eigenvalue weighted by molar-refractivity contribution is 7.93. The summed E-state index contributed by atoms with van der Waals surface area (Å²) in [5.41, 5.74) is 0. The van der Waals surface area contributed by atoms with Crippen molar-refractivity contribution < 1.29 is 17.2 Å². The average Bonchev–Trinajstić information content (AvgIpc) is 1.83. The third kappa shape index (κ3) is 2.12. The fraction of sp³-hybridized carbons (Fsp3) is 0.333. The van der Waals surface area contributed by atoms with Crippen molar-refractivity contribution in [2.75, 3.05) is 0 Å². The maximum atomic E-state index is 12.4. The van der Waals surface area contributed by atoms with Crippen LogP contribution in [0.5, 0.6) is 0 Å². The van der Waals surface area contributed by atoms with E-state index >= 15 is 0 Å². The Morgan fingerprint density at radius 3 is 2.42 bits per heavy atom. The minimum atomic E-state index is -3.84. The number of nitrogens with two attached hydrogens (primary N) is 1. The Hall–Kier alpha value is -0.750. The van der Waals surface area contributed by atoms with Crippen LogP contribution in [0.1, 0.15) is 6.42 Å². The lowest BCUT2D eigenvalue weighted by Gasteiger charge is -2.13. The Kier molecular flexibility index (Phi) is 2.05. The van der Waals surface area contributed by atoms with Crippen LogP contribution in [0.3, 0.4) is 0 Å². The van der Waals surface area contributed by atoms with Gasteiger partial charge >= 0.3 is 0 Å². The number of hydrogen-bond donors (Lipinski definition) is 1. The number of primary sulfonamides is 1. The summed E-state index contributed by atoms with van der Waals surface area (Å²) in [5.74, 6) is -2.95. The van der Waals surface area contributed by atoms with Crippen LogP contribution in [0.2, 0.25) is 0 Å². The molecule has 0 saturated heterocycles. The van der Waals surface area contributed by atoms with Crippen molar-refractivity contribution in [3.63, 3.8) is 0 Å². The molecule has 12 heavy (non-hydrogen) atoms. The van der Waals surface area contributed by atoms with E-state index in [0.29, 0.717) is 6.08 Å². The highest BCUT2D eigenvalue weighted by Crippen LogP contribution is 2.27. The first-order valence-electron chi connectivity index (χ1n) is 3.11. The molecule has 0 aromatic rings. The Labute approximate surface area is 68.6 Å². The average molecular weight is 195 g/mol. The fourth-order valence-corrected chi connectivity index (χ4v) is 1.36. The van der Waals surface area contributed by atoms with Crippen LogP contribution in [0.15, 0.2) is 23.1 Å². The molecule has 1 aliphatic rings. The minimum absolute atomic E-state index is 0.256. The standard InChI is InChI=1S/C6H7F2NO2S/c7-6(8)3-1-5(2-4-6)12(9,10)11/h1-3H,4H2,(H2,9,10,11). The first kappa shape index (κ1) is 9.34. The number of halogens is 2. The molecule has 0 amide bonds. The molecule has 0 heterocycles. The van der Waals surface area contributed by atoms with Gasteiger partial charge in [-0.3, -0.25) is 0 Å². The zero-order valence-electron chi connectivity index (χ0n) is 6.00. The van der Waals surface area contributed by atoms with E-state index in [0.717, 1.165) is 12.2 Å². The Bertz CT molecular complexity index is 343. The first-order valence-corrected chi connectivity index (χ1v) is 4.66. The van der Waals surface area contributed by atoms with Crippen LogP contribution in [0.25, 0.3) is 0 Å². The Balaban J connectivity index is 2.93. The molecule has 0 fully saturated rings. The van der Waals surface area contributed by atoms with Gasteiger partial charge in [0, 0.05) is 6.42 Å². The van der Waals surface area contributed by atoms with Crippen molar-refractivity contribution in [3.8, 4) is 0 Å². The summed E-state index contributed by atoms with van der Waals surface area (Å²) in [7, 11) is -3.84. The van der Waals surface area contributed by atoms with Gasteiger partial charge < -0.3 is 0 Å². The van der Waals surface area contributed by atoms with E-state index < -0.39 is 22.4 Å². The Morgan fingerprint density at radius 2 is 2.08 bits per heavy atom. The predicted octanol–water partition coefficient (Wildman–Crippen LogP) is 0.754. The fourth-order valence-electron chi connectivity index (χ4n) is 0.788. The lowest BCUT2D eigenvalue weighted by molar-refractivity contribution is 0.0574. The van der Waals surface area contributed by atoms with Crippen LogP contribution in [-0.4, -0.2) is 14.3 Å². The maximum absolute atomic E-state index is 12.4. The van der Waals surface area contributed by atoms with E-state index in [4.69, 9.17) is 5.14 Å². The summed E-state index contributed by atoms with van der Waals surface area (Å²) in [5, 5.41) is 4.71. The lowest BCUT2D eigenvalue weighted by Crippen LogP contribution is -2.19. The molecule has 0 saturated carbocycles. The molecular formula is C6H7F2NO2S. The predicted molar refractivity (Wildman–Crippen MR) is 39.9 cm³/mol. The van der Waals surface area contributed by atoms with E-state index in [9.17, 15) is 17.2 Å². The van der Waals surface area contributed by atoms with E-state index in [-0.39, 0.29) is 4.91 Å². The van der Waals surface area contributed by atoms with Crippen LogP contribution in [0.4, 0.5) is 8.78 Å². The second kappa shape index (κ2) is 2.63. The maximum Gasteiger partial charge on any atom is 0.270 e. The molecule has 2 N–H and O–H groups in total. The SMILES string of the molecule is NS(=O)(=O)C1=CCC(F)(F)C=C1. The van der Waals surface area contributed by atoms with Crippen LogP contribution < -0.4 is 5.14 Å². The largest absolute Gasteiger partial charge is 0.270 e. The van der Waals surface area contributed by atoms with Gasteiger partial charge in [-0.1, -0.05) is 6.08 Å². The number of rotatable bonds is 1. The van der Waals surface area contributed by atoms with Crippen LogP contribution in [-0.2, 0) is 10.0 Å². The summed E-state index contributed by atoms with van der Waals surface area (Å²) >= 11 is 0. The van der Waals surface area contributed by atoms with Crippen LogP contribution in [0, 0.1) is 0 Å². The van der Waals surface area contributed by atoms with Crippen molar-refractivity contribution in [2.45, 2.75) is 12.3 Å². The van der Waals surface area contributed by atoms with Gasteiger partial charge in [-0.05, 0) is 12.2 Å². The van der Waals surface area contributed by atoms with E-state index in [1.807, 2.05) is 0 Å². The molecule has 1 rings (SSSR count). The van der Waals surface area contributed by atoms with Crippen LogP contribution >= 0.6 is 0 Å². The van der Waals surface area contributed by atoms with Crippen molar-refractivity contribution >= 4 is 10.0 Å². The Morgan fingerprint density at radius 1 is 1.50 bits per heavy atom. The van der Waals surface area contributed by atoms with Gasteiger partial charge in [-0.2, -0.15) is 0 Å². The topological polar surface area (TPSA) is 60.2 Å². The van der Waals surface area contributed by atoms with E-state index in [1.165, 1.54) is 0 Å². The van der Waals surface area contributed by atoms with Gasteiger partial charge in [-0.25, -0.2) is 22.3 Å². The summed E-state index contributed by atoms with van der Waals surface area (Å²) in [4.78, 5) is -0.256. The van der Waals surface area contributed by atoms with Crippen molar-refractivity contribution in [1.29, 1.82) is 0 Å². The van der Waals surface area contributed by atoms with E-state index in [1.54, 1.807) is 0 Å². The second-order valence-electron chi connectivity index (χ2n) is 2.45. The molecule has 3 nitrogen and oxygen atoms in total. The monoisotopic (exact) mass is 195 g/mol. The zero-order chi connectivity index (χ0) is 9.41. The van der Waals surface area contributed by atoms with Crippen molar-refractivity contribution in [1.82, 2.24) is 0 Å². The molecule has 0 aromatic heterocycles. The number of hydrogen-bond acceptors (Lipinski definition) is 2. The molecule has 68 valence electrons. The molecule has 0 aliphatic heterocycles. The van der Waals surface area contributed by atoms with Crippen molar-refractivity contribution in [2.24, 2.45) is 5.14 Å². The molecule has 0 radical (unpaired) electrons. The first-order chi connectivity index (χ1) is 5.31. The van der Waals surface area contributed by atoms with E-state index in [2.05, 4.69) is 0 Å². The van der Waals surface area contributed by atoms with Gasteiger partial charge in [0.15, 0.2) is 0 Å². The molecule has 6 heteroatoms. The molecule has 0 aromatic carbocycles. The summed E-state index contributed by atoms with van der Waals surface area (Å²) in [6.07, 6.45) is 1.65. The van der Waals surface area contributed by atoms with Crippen molar-refractivity contribution in [3.05, 3.63) is 23.1 Å². The van der Waals surface area contributed by atoms with Gasteiger partial charge in [0.2, 0.25) is 10.0 Å². The second-order valence-corrected chi connectivity index (χ2v) is 4.01. The zero-order valence-corrected chi connectivity index (χ0v) is 6.81. The highest BCUT2D eigenvalue weighted by Gasteiger charge is 2.28. The summed E-state index contributed by atoms with van der Waals surface area (Å²) < 4.78 is 46.0. The third-order valence-electron chi connectivity index (χ3n) is 1.40. The molecule has 1 aliphatic carbocycles. The molecular weight excluding hydrogens is 188 g/mol. The summed E-state index contributed by atoms with van der Waals surface area (Å²) in [6.45, 7) is 0. The molecule has 0 unspecified atom stereocenters. The molecule has 0 spiro atoms. The summed E-state index contributed by atoms with van der Waals surface area (Å²) in [6, 6.07) is 0. The third-order valence-corrected chi connectivity index (χ3v) is 2.36. The van der Waals surface area contributed by atoms with Gasteiger partial charge in [-0.15, -0.1) is 0 Å². The van der Waals surface area contributed by atoms with Gasteiger partial charge in [0.25, 0.3) is 5.92 Å². The number of allylic oxidation sites excluding steroid dienone is 3. The highest BCUT2D eigenvalue weighted by atomic mass is 32.2.